The zero-order valence-corrected chi connectivity index (χ0v) is 21.4. The first-order valence-corrected chi connectivity index (χ1v) is 12.5. The second-order valence-electron chi connectivity index (χ2n) is 10.0. The van der Waals surface area contributed by atoms with Crippen LogP contribution in [0.25, 0.3) is 10.9 Å². The summed E-state index contributed by atoms with van der Waals surface area (Å²) in [5.41, 5.74) is 2.62. The number of nitrogens with zero attached hydrogens (tertiary/aromatic N) is 2. The Morgan fingerprint density at radius 3 is 2.35 bits per heavy atom. The largest absolute Gasteiger partial charge is 0.361 e. The number of halogens is 1. The van der Waals surface area contributed by atoms with Gasteiger partial charge in [0, 0.05) is 42.6 Å². The highest BCUT2D eigenvalue weighted by Crippen LogP contribution is 2.22. The number of H-pyrrole nitrogens is 1. The second-order valence-corrected chi connectivity index (χ2v) is 10.3. The number of aromatic amines is 1. The standard InChI is InChI=1S/C28H36ClN3O2/c1-21(2)17-32(27(34)28(3,4)20-29)19-26(33)31(18-22-10-6-5-7-11-22)15-14-23-16-30-25-13-9-8-12-24(23)25/h5-13,16,21,30H,14-15,17-20H2,1-4H3. The minimum absolute atomic E-state index is 0.0527. The number of carbonyl (C=O) groups is 2. The summed E-state index contributed by atoms with van der Waals surface area (Å²) in [4.78, 5) is 33.6. The molecule has 0 saturated heterocycles. The van der Waals surface area contributed by atoms with Gasteiger partial charge in [-0.2, -0.15) is 0 Å². The number of carbonyl (C=O) groups excluding carboxylic acids is 2. The number of fused-ring (bicyclic) bond motifs is 1. The van der Waals surface area contributed by atoms with E-state index in [4.69, 9.17) is 11.6 Å². The number of alkyl halides is 1. The molecule has 0 saturated carbocycles. The summed E-state index contributed by atoms with van der Waals surface area (Å²) >= 11 is 6.08. The molecule has 5 nitrogen and oxygen atoms in total. The molecule has 0 aliphatic heterocycles. The lowest BCUT2D eigenvalue weighted by molar-refractivity contribution is -0.146. The van der Waals surface area contributed by atoms with Gasteiger partial charge in [-0.25, -0.2) is 0 Å². The predicted molar refractivity (Wildman–Crippen MR) is 140 cm³/mol. The summed E-state index contributed by atoms with van der Waals surface area (Å²) in [5, 5.41) is 1.18. The molecular weight excluding hydrogens is 446 g/mol. The summed E-state index contributed by atoms with van der Waals surface area (Å²) in [6.07, 6.45) is 2.75. The Hall–Kier alpha value is -2.79. The van der Waals surface area contributed by atoms with Gasteiger partial charge in [0.1, 0.15) is 0 Å². The Morgan fingerprint density at radius 2 is 1.68 bits per heavy atom. The Balaban J connectivity index is 1.80. The molecule has 1 aromatic heterocycles. The van der Waals surface area contributed by atoms with Crippen LogP contribution in [-0.2, 0) is 22.6 Å². The number of amides is 2. The van der Waals surface area contributed by atoms with Crippen LogP contribution in [0.15, 0.2) is 60.8 Å². The van der Waals surface area contributed by atoms with E-state index in [1.54, 1.807) is 4.90 Å². The molecule has 1 N–H and O–H groups in total. The van der Waals surface area contributed by atoms with Crippen LogP contribution >= 0.6 is 11.6 Å². The molecule has 34 heavy (non-hydrogen) atoms. The molecule has 0 bridgehead atoms. The number of para-hydroxylation sites is 1. The minimum atomic E-state index is -0.717. The minimum Gasteiger partial charge on any atom is -0.361 e. The molecule has 0 aliphatic rings. The van der Waals surface area contributed by atoms with Gasteiger partial charge in [-0.3, -0.25) is 9.59 Å². The van der Waals surface area contributed by atoms with Crippen LogP contribution < -0.4 is 0 Å². The highest BCUT2D eigenvalue weighted by molar-refractivity contribution is 6.19. The third kappa shape index (κ3) is 6.63. The van der Waals surface area contributed by atoms with Crippen LogP contribution in [0.5, 0.6) is 0 Å². The zero-order valence-electron chi connectivity index (χ0n) is 20.7. The summed E-state index contributed by atoms with van der Waals surface area (Å²) in [7, 11) is 0. The van der Waals surface area contributed by atoms with Crippen LogP contribution in [0.4, 0.5) is 0 Å². The van der Waals surface area contributed by atoms with Gasteiger partial charge in [-0.05, 0) is 43.4 Å². The van der Waals surface area contributed by atoms with Crippen LogP contribution in [0.2, 0.25) is 0 Å². The van der Waals surface area contributed by atoms with Crippen molar-refractivity contribution in [3.63, 3.8) is 0 Å². The number of nitrogens with one attached hydrogen (secondary N) is 1. The van der Waals surface area contributed by atoms with Crippen LogP contribution in [-0.4, -0.2) is 52.1 Å². The van der Waals surface area contributed by atoms with E-state index in [9.17, 15) is 9.59 Å². The molecule has 3 rings (SSSR count). The fourth-order valence-electron chi connectivity index (χ4n) is 4.10. The number of aromatic nitrogens is 1. The fraction of sp³-hybridized carbons (Fsp3) is 0.429. The molecule has 0 radical (unpaired) electrons. The van der Waals surface area contributed by atoms with E-state index < -0.39 is 5.41 Å². The van der Waals surface area contributed by atoms with Gasteiger partial charge in [-0.15, -0.1) is 11.6 Å². The normalized spacial score (nSPS) is 11.7. The molecule has 0 atom stereocenters. The first kappa shape index (κ1) is 25.8. The monoisotopic (exact) mass is 481 g/mol. The second kappa shape index (κ2) is 11.6. The van der Waals surface area contributed by atoms with E-state index in [0.717, 1.165) is 17.5 Å². The van der Waals surface area contributed by atoms with Crippen molar-refractivity contribution in [2.24, 2.45) is 11.3 Å². The molecule has 3 aromatic rings. The first-order chi connectivity index (χ1) is 16.2. The van der Waals surface area contributed by atoms with Gasteiger partial charge in [0.05, 0.1) is 12.0 Å². The van der Waals surface area contributed by atoms with E-state index in [2.05, 4.69) is 31.0 Å². The van der Waals surface area contributed by atoms with Gasteiger partial charge >= 0.3 is 0 Å². The number of hydrogen-bond acceptors (Lipinski definition) is 2. The molecule has 0 aliphatic carbocycles. The third-order valence-electron chi connectivity index (χ3n) is 6.01. The highest BCUT2D eigenvalue weighted by Gasteiger charge is 2.33. The molecule has 2 amide bonds. The Labute approximate surface area is 208 Å². The average Bonchev–Trinajstić information content (AvgIpc) is 3.24. The molecule has 2 aromatic carbocycles. The van der Waals surface area contributed by atoms with E-state index in [-0.39, 0.29) is 30.2 Å². The molecule has 0 unspecified atom stereocenters. The molecule has 1 heterocycles. The maximum absolute atomic E-state index is 13.6. The average molecular weight is 482 g/mol. The Bertz CT molecular complexity index is 1090. The van der Waals surface area contributed by atoms with Gasteiger partial charge < -0.3 is 14.8 Å². The maximum atomic E-state index is 13.6. The molecule has 0 fully saturated rings. The van der Waals surface area contributed by atoms with Gasteiger partial charge in [0.2, 0.25) is 11.8 Å². The van der Waals surface area contributed by atoms with Gasteiger partial charge in [-0.1, -0.05) is 62.4 Å². The predicted octanol–water partition coefficient (Wildman–Crippen LogP) is 5.49. The lowest BCUT2D eigenvalue weighted by Gasteiger charge is -2.33. The van der Waals surface area contributed by atoms with E-state index >= 15 is 0 Å². The van der Waals surface area contributed by atoms with Gasteiger partial charge in [0.25, 0.3) is 0 Å². The molecule has 0 spiro atoms. The summed E-state index contributed by atoms with van der Waals surface area (Å²) in [5.74, 6) is 0.323. The van der Waals surface area contributed by atoms with Crippen LogP contribution in [0.3, 0.4) is 0 Å². The van der Waals surface area contributed by atoms with E-state index in [0.29, 0.717) is 19.6 Å². The summed E-state index contributed by atoms with van der Waals surface area (Å²) < 4.78 is 0. The van der Waals surface area contributed by atoms with Crippen molar-refractivity contribution in [3.8, 4) is 0 Å². The number of benzene rings is 2. The lowest BCUT2D eigenvalue weighted by atomic mass is 9.93. The molecule has 6 heteroatoms. The maximum Gasteiger partial charge on any atom is 0.242 e. The fourth-order valence-corrected chi connectivity index (χ4v) is 4.21. The van der Waals surface area contributed by atoms with E-state index in [1.165, 1.54) is 10.9 Å². The quantitative estimate of drug-likeness (QED) is 0.368. The smallest absolute Gasteiger partial charge is 0.242 e. The number of rotatable bonds is 11. The van der Waals surface area contributed by atoms with Crippen molar-refractivity contribution in [1.29, 1.82) is 0 Å². The third-order valence-corrected chi connectivity index (χ3v) is 6.67. The Morgan fingerprint density at radius 1 is 1.00 bits per heavy atom. The van der Waals surface area contributed by atoms with Crippen molar-refractivity contribution in [3.05, 3.63) is 71.9 Å². The van der Waals surface area contributed by atoms with Crippen molar-refractivity contribution >= 4 is 34.3 Å². The van der Waals surface area contributed by atoms with Crippen molar-refractivity contribution < 1.29 is 9.59 Å². The number of hydrogen-bond donors (Lipinski definition) is 1. The Kier molecular flexibility index (Phi) is 8.78. The van der Waals surface area contributed by atoms with Crippen molar-refractivity contribution in [2.45, 2.75) is 40.7 Å². The zero-order chi connectivity index (χ0) is 24.7. The molecule has 182 valence electrons. The van der Waals surface area contributed by atoms with Crippen LogP contribution in [0.1, 0.15) is 38.8 Å². The summed E-state index contributed by atoms with van der Waals surface area (Å²) in [6.45, 7) is 9.42. The molecular formula is C28H36ClN3O2. The van der Waals surface area contributed by atoms with Crippen molar-refractivity contribution in [2.75, 3.05) is 25.5 Å². The van der Waals surface area contributed by atoms with Gasteiger partial charge in [0.15, 0.2) is 0 Å². The first-order valence-electron chi connectivity index (χ1n) is 11.9. The lowest BCUT2D eigenvalue weighted by Crippen LogP contribution is -2.49. The topological polar surface area (TPSA) is 56.4 Å². The SMILES string of the molecule is CC(C)CN(CC(=O)N(CCc1c[nH]c2ccccc12)Cc1ccccc1)C(=O)C(C)(C)CCl. The summed E-state index contributed by atoms with van der Waals surface area (Å²) in [6, 6.07) is 18.2. The highest BCUT2D eigenvalue weighted by atomic mass is 35.5. The van der Waals surface area contributed by atoms with E-state index in [1.807, 2.05) is 67.4 Å². The van der Waals surface area contributed by atoms with Crippen LogP contribution in [0, 0.1) is 11.3 Å². The van der Waals surface area contributed by atoms with Crippen molar-refractivity contribution in [1.82, 2.24) is 14.8 Å².